The van der Waals surface area contributed by atoms with Gasteiger partial charge in [0.1, 0.15) is 5.82 Å². The van der Waals surface area contributed by atoms with E-state index < -0.39 is 0 Å². The second-order valence-electron chi connectivity index (χ2n) is 10.3. The number of nitrogens with zero attached hydrogens (tertiary/aromatic N) is 7. The Morgan fingerprint density at radius 2 is 1.80 bits per heavy atom. The highest BCUT2D eigenvalue weighted by molar-refractivity contribution is 5.90. The molecule has 4 aromatic rings. The predicted molar refractivity (Wildman–Crippen MR) is 156 cm³/mol. The van der Waals surface area contributed by atoms with E-state index in [4.69, 9.17) is 24.5 Å². The number of rotatable bonds is 7. The Morgan fingerprint density at radius 1 is 1.02 bits per heavy atom. The molecule has 0 radical (unpaired) electrons. The van der Waals surface area contributed by atoms with Crippen LogP contribution < -0.4 is 20.3 Å². The second-order valence-corrected chi connectivity index (χ2v) is 10.3. The quantitative estimate of drug-likeness (QED) is 0.352. The van der Waals surface area contributed by atoms with Gasteiger partial charge in [0.25, 0.3) is 0 Å². The number of anilines is 2. The summed E-state index contributed by atoms with van der Waals surface area (Å²) in [6.45, 7) is 5.66. The lowest BCUT2D eigenvalue weighted by atomic mass is 10.0. The van der Waals surface area contributed by atoms with Crippen molar-refractivity contribution in [3.63, 3.8) is 0 Å². The average molecular weight is 558 g/mol. The first-order valence-corrected chi connectivity index (χ1v) is 14.0. The largest absolute Gasteiger partial charge is 0.481 e. The van der Waals surface area contributed by atoms with Crippen LogP contribution in [0.2, 0.25) is 0 Å². The molecule has 6 rings (SSSR count). The summed E-state index contributed by atoms with van der Waals surface area (Å²) in [7, 11) is 3.22. The number of nitrogens with one attached hydrogen (secondary N) is 2. The Bertz CT molecular complexity index is 1480. The molecule has 2 fully saturated rings. The maximum atomic E-state index is 11.7. The molecule has 0 saturated carbocycles. The zero-order valence-electron chi connectivity index (χ0n) is 23.4. The van der Waals surface area contributed by atoms with E-state index >= 15 is 0 Å². The number of hydrogen-bond acceptors (Lipinski definition) is 9. The number of likely N-dealkylation sites (tertiary alicyclic amines) is 1. The number of fused-ring (bicyclic) bond motifs is 1. The number of morpholine rings is 1. The summed E-state index contributed by atoms with van der Waals surface area (Å²) >= 11 is 0. The lowest BCUT2D eigenvalue weighted by Gasteiger charge is -2.32. The fourth-order valence-corrected chi connectivity index (χ4v) is 5.42. The molecule has 2 amide bonds. The molecule has 2 aliphatic heterocycles. The Kier molecular flexibility index (Phi) is 7.92. The topological polar surface area (TPSA) is 123 Å². The Morgan fingerprint density at radius 3 is 2.49 bits per heavy atom. The third kappa shape index (κ3) is 5.93. The summed E-state index contributed by atoms with van der Waals surface area (Å²) < 4.78 is 12.9. The number of hydrogen-bond donors (Lipinski definition) is 2. The van der Waals surface area contributed by atoms with Crippen LogP contribution in [-0.4, -0.2) is 89.2 Å². The smallest absolute Gasteiger partial charge is 0.318 e. The standard InChI is InChI=1S/C29H35N9O3/c1-30-29(39)33-22-6-4-21(5-7-22)26-34-27(37-13-15-41-16-14-37)24-18-32-38(28(24)35-26)23-9-11-36(12-10-23)19-20-3-8-25(40-2)31-17-20/h3-8,17-18,23H,9-16,19H2,1-2H3,(H2,30,33,39). The van der Waals surface area contributed by atoms with Gasteiger partial charge >= 0.3 is 6.03 Å². The van der Waals surface area contributed by atoms with E-state index in [0.29, 0.717) is 30.6 Å². The third-order valence-corrected chi connectivity index (χ3v) is 7.69. The summed E-state index contributed by atoms with van der Waals surface area (Å²) in [6, 6.07) is 11.6. The minimum Gasteiger partial charge on any atom is -0.481 e. The fraction of sp³-hybridized carbons (Fsp3) is 0.414. The third-order valence-electron chi connectivity index (χ3n) is 7.69. The molecule has 1 aromatic carbocycles. The number of piperidine rings is 1. The maximum Gasteiger partial charge on any atom is 0.318 e. The monoisotopic (exact) mass is 557 g/mol. The lowest BCUT2D eigenvalue weighted by molar-refractivity contribution is 0.122. The summed E-state index contributed by atoms with van der Waals surface area (Å²) in [5, 5.41) is 11.2. The Balaban J connectivity index is 1.25. The molecule has 2 N–H and O–H groups in total. The maximum absolute atomic E-state index is 11.7. The van der Waals surface area contributed by atoms with Crippen LogP contribution in [0, 0.1) is 0 Å². The van der Waals surface area contributed by atoms with Crippen LogP contribution in [0.1, 0.15) is 24.4 Å². The molecular weight excluding hydrogens is 522 g/mol. The minimum atomic E-state index is -0.263. The van der Waals surface area contributed by atoms with E-state index in [-0.39, 0.29) is 12.1 Å². The minimum absolute atomic E-state index is 0.247. The number of carbonyl (C=O) groups is 1. The molecule has 12 nitrogen and oxygen atoms in total. The van der Waals surface area contributed by atoms with Gasteiger partial charge in [-0.3, -0.25) is 4.90 Å². The van der Waals surface area contributed by atoms with Crippen LogP contribution in [0.3, 0.4) is 0 Å². The van der Waals surface area contributed by atoms with E-state index in [1.165, 1.54) is 5.56 Å². The van der Waals surface area contributed by atoms with Gasteiger partial charge in [-0.05, 0) is 42.7 Å². The Hall–Kier alpha value is -4.29. The van der Waals surface area contributed by atoms with Gasteiger partial charge in [-0.1, -0.05) is 6.07 Å². The van der Waals surface area contributed by atoms with Crippen molar-refractivity contribution in [2.24, 2.45) is 0 Å². The average Bonchev–Trinajstić information content (AvgIpc) is 3.46. The number of methoxy groups -OCH3 is 1. The van der Waals surface area contributed by atoms with E-state index in [9.17, 15) is 4.79 Å². The number of ether oxygens (including phenoxy) is 2. The van der Waals surface area contributed by atoms with Crippen LogP contribution in [0.25, 0.3) is 22.4 Å². The Labute approximate surface area is 238 Å². The molecule has 0 spiro atoms. The van der Waals surface area contributed by atoms with E-state index in [1.54, 1.807) is 14.2 Å². The zero-order valence-corrected chi connectivity index (χ0v) is 23.4. The van der Waals surface area contributed by atoms with Crippen LogP contribution in [-0.2, 0) is 11.3 Å². The predicted octanol–water partition coefficient (Wildman–Crippen LogP) is 3.32. The first-order valence-electron chi connectivity index (χ1n) is 14.0. The van der Waals surface area contributed by atoms with Crippen molar-refractivity contribution in [1.29, 1.82) is 0 Å². The van der Waals surface area contributed by atoms with Gasteiger partial charge in [-0.15, -0.1) is 0 Å². The molecule has 0 unspecified atom stereocenters. The number of carbonyl (C=O) groups excluding carboxylic acids is 1. The number of benzene rings is 1. The van der Waals surface area contributed by atoms with Crippen molar-refractivity contribution < 1.29 is 14.3 Å². The number of pyridine rings is 1. The number of urea groups is 1. The highest BCUT2D eigenvalue weighted by Gasteiger charge is 2.26. The zero-order chi connectivity index (χ0) is 28.2. The summed E-state index contributed by atoms with van der Waals surface area (Å²) in [4.78, 5) is 30.8. The van der Waals surface area contributed by atoms with Crippen LogP contribution in [0.4, 0.5) is 16.3 Å². The van der Waals surface area contributed by atoms with Crippen LogP contribution in [0.5, 0.6) is 5.88 Å². The van der Waals surface area contributed by atoms with E-state index in [0.717, 1.165) is 68.0 Å². The van der Waals surface area contributed by atoms with Gasteiger partial charge in [0.15, 0.2) is 11.5 Å². The lowest BCUT2D eigenvalue weighted by Crippen LogP contribution is -2.37. The van der Waals surface area contributed by atoms with Gasteiger partial charge in [-0.2, -0.15) is 5.10 Å². The number of aromatic nitrogens is 5. The van der Waals surface area contributed by atoms with E-state index in [1.807, 2.05) is 42.7 Å². The van der Waals surface area contributed by atoms with Crippen molar-refractivity contribution in [2.45, 2.75) is 25.4 Å². The van der Waals surface area contributed by atoms with Crippen molar-refractivity contribution >= 4 is 28.6 Å². The summed E-state index contributed by atoms with van der Waals surface area (Å²) in [5.41, 5.74) is 3.60. The van der Waals surface area contributed by atoms with Crippen molar-refractivity contribution in [2.75, 3.05) is 63.8 Å². The SMILES string of the molecule is CNC(=O)Nc1ccc(-c2nc(N3CCOCC3)c3cnn(C4CCN(Cc5ccc(OC)nc5)CC4)c3n2)cc1. The molecule has 0 atom stereocenters. The first-order chi connectivity index (χ1) is 20.1. The molecule has 2 saturated heterocycles. The summed E-state index contributed by atoms with van der Waals surface area (Å²) in [6.07, 6.45) is 5.76. The first kappa shape index (κ1) is 26.9. The molecule has 12 heteroatoms. The van der Waals surface area contributed by atoms with Crippen molar-refractivity contribution in [1.82, 2.24) is 34.9 Å². The molecular formula is C29H35N9O3. The van der Waals surface area contributed by atoms with Gasteiger partial charge < -0.3 is 25.0 Å². The molecule has 3 aromatic heterocycles. The second kappa shape index (κ2) is 12.1. The highest BCUT2D eigenvalue weighted by Crippen LogP contribution is 2.32. The van der Waals surface area contributed by atoms with Crippen molar-refractivity contribution in [3.05, 3.63) is 54.4 Å². The summed E-state index contributed by atoms with van der Waals surface area (Å²) in [5.74, 6) is 2.15. The fourth-order valence-electron chi connectivity index (χ4n) is 5.42. The molecule has 2 aliphatic rings. The normalized spacial score (nSPS) is 16.6. The van der Waals surface area contributed by atoms with Gasteiger partial charge in [0.05, 0.1) is 37.9 Å². The molecule has 0 bridgehead atoms. The van der Waals surface area contributed by atoms with Crippen LogP contribution >= 0.6 is 0 Å². The van der Waals surface area contributed by atoms with Crippen molar-refractivity contribution in [3.8, 4) is 17.3 Å². The van der Waals surface area contributed by atoms with E-state index in [2.05, 4.69) is 36.2 Å². The van der Waals surface area contributed by atoms with Gasteiger partial charge in [-0.25, -0.2) is 24.4 Å². The molecule has 214 valence electrons. The van der Waals surface area contributed by atoms with Gasteiger partial charge in [0.2, 0.25) is 5.88 Å². The molecule has 5 heterocycles. The van der Waals surface area contributed by atoms with Gasteiger partial charge in [0, 0.05) is 63.3 Å². The molecule has 41 heavy (non-hydrogen) atoms. The van der Waals surface area contributed by atoms with Crippen LogP contribution in [0.15, 0.2) is 48.8 Å². The number of amides is 2. The highest BCUT2D eigenvalue weighted by atomic mass is 16.5. The molecule has 0 aliphatic carbocycles.